The van der Waals surface area contributed by atoms with Crippen molar-refractivity contribution in [3.8, 4) is 0 Å². The normalized spacial score (nSPS) is 11.8. The van der Waals surface area contributed by atoms with E-state index < -0.39 is 32.3 Å². The lowest BCUT2D eigenvalue weighted by Gasteiger charge is -2.12. The molecule has 0 unspecified atom stereocenters. The number of hydrogen-bond acceptors (Lipinski definition) is 9. The summed E-state index contributed by atoms with van der Waals surface area (Å²) in [6.07, 6.45) is 3.60. The Morgan fingerprint density at radius 3 is 1.67 bits per heavy atom. The van der Waals surface area contributed by atoms with Crippen LogP contribution in [0.1, 0.15) is 11.4 Å². The van der Waals surface area contributed by atoms with Gasteiger partial charge in [0, 0.05) is 50.7 Å². The molecule has 0 fully saturated rings. The van der Waals surface area contributed by atoms with Crippen LogP contribution in [0.25, 0.3) is 26.5 Å². The molecule has 0 aliphatic carbocycles. The van der Waals surface area contributed by atoms with E-state index in [2.05, 4.69) is 30.0 Å². The zero-order valence-electron chi connectivity index (χ0n) is 18.2. The average molecular weight is 501 g/mol. The van der Waals surface area contributed by atoms with Gasteiger partial charge in [-0.2, -0.15) is 25.4 Å². The highest BCUT2D eigenvalue weighted by molar-refractivity contribution is 7.87. The van der Waals surface area contributed by atoms with Crippen molar-refractivity contribution in [3.63, 3.8) is 0 Å². The number of aromatic nitrogens is 4. The molecule has 2 rings (SSSR count). The van der Waals surface area contributed by atoms with Crippen LogP contribution in [-0.2, 0) is 25.2 Å². The van der Waals surface area contributed by atoms with Crippen LogP contribution < -0.4 is 0 Å². The molecule has 0 aliphatic rings. The molecule has 0 aliphatic heterocycles. The number of ether oxygens (including phenoxy) is 1. The lowest BCUT2D eigenvalue weighted by molar-refractivity contribution is 0.234. The van der Waals surface area contributed by atoms with Crippen LogP contribution in [0.3, 0.4) is 0 Å². The summed E-state index contributed by atoms with van der Waals surface area (Å²) in [4.78, 5) is 13.3. The largest absolute Gasteiger partial charge is 0.381 e. The predicted molar refractivity (Wildman–Crippen MR) is 117 cm³/mol. The van der Waals surface area contributed by atoms with Crippen molar-refractivity contribution in [2.45, 2.75) is 0 Å². The molecule has 0 radical (unpaired) electrons. The van der Waals surface area contributed by atoms with Crippen molar-refractivity contribution in [1.29, 1.82) is 0 Å². The summed E-state index contributed by atoms with van der Waals surface area (Å²) in [5, 5.41) is 6.64. The summed E-state index contributed by atoms with van der Waals surface area (Å²) in [5.41, 5.74) is 17.7. The number of imidazole rings is 2. The number of methoxy groups -OCH3 is 1. The number of rotatable bonds is 10. The van der Waals surface area contributed by atoms with E-state index in [4.69, 9.17) is 15.8 Å². The van der Waals surface area contributed by atoms with Crippen molar-refractivity contribution >= 4 is 37.9 Å². The van der Waals surface area contributed by atoms with Crippen LogP contribution in [0.5, 0.6) is 0 Å². The van der Waals surface area contributed by atoms with Gasteiger partial charge in [0.15, 0.2) is 0 Å². The van der Waals surface area contributed by atoms with Gasteiger partial charge in [0.2, 0.25) is 11.9 Å². The third-order valence-corrected chi connectivity index (χ3v) is 7.39. The first-order valence-corrected chi connectivity index (χ1v) is 11.6. The van der Waals surface area contributed by atoms with E-state index in [1.54, 1.807) is 0 Å². The summed E-state index contributed by atoms with van der Waals surface area (Å²) < 4.78 is 58.6. The summed E-state index contributed by atoms with van der Waals surface area (Å²) in [6.45, 7) is 0.00359. The Morgan fingerprint density at radius 2 is 1.36 bits per heavy atom. The van der Waals surface area contributed by atoms with Crippen LogP contribution in [0.15, 0.2) is 28.7 Å². The first kappa shape index (κ1) is 25.8. The molecule has 2 aromatic rings. The molecule has 2 heterocycles. The highest BCUT2D eigenvalue weighted by atomic mass is 32.2. The molecular formula is C14H20N12O5S2. The summed E-state index contributed by atoms with van der Waals surface area (Å²) in [5.74, 6) is -0.972. The summed E-state index contributed by atoms with van der Waals surface area (Å²) >= 11 is 0. The fourth-order valence-corrected chi connectivity index (χ4v) is 4.12. The maximum absolute atomic E-state index is 12.6. The Bertz CT molecular complexity index is 1270. The molecule has 0 spiro atoms. The highest BCUT2D eigenvalue weighted by Gasteiger charge is 2.26. The van der Waals surface area contributed by atoms with E-state index in [1.165, 1.54) is 41.4 Å². The maximum Gasteiger partial charge on any atom is 0.308 e. The molecule has 0 aromatic carbocycles. The minimum Gasteiger partial charge on any atom is -0.381 e. The first-order valence-electron chi connectivity index (χ1n) is 8.76. The molecule has 0 saturated carbocycles. The van der Waals surface area contributed by atoms with Gasteiger partial charge in [0.05, 0.1) is 30.4 Å². The highest BCUT2D eigenvalue weighted by Crippen LogP contribution is 2.29. The Hall–Kier alpha value is -3.44. The van der Waals surface area contributed by atoms with Gasteiger partial charge in [-0.3, -0.25) is 0 Å². The Labute approximate surface area is 189 Å². The van der Waals surface area contributed by atoms with Crippen molar-refractivity contribution in [2.24, 2.45) is 10.2 Å². The monoisotopic (exact) mass is 500 g/mol. The smallest absolute Gasteiger partial charge is 0.308 e. The third kappa shape index (κ3) is 5.15. The van der Waals surface area contributed by atoms with Crippen LogP contribution in [0, 0.1) is 0 Å². The SMILES string of the molecule is COCC=C(c1cn(S(=O)(=O)N(C)C)c(N=[N+]=[N-])n1)c1cn(S(=O)(=O)N(C)C)c(N=[N+]=[N-])n1. The Kier molecular flexibility index (Phi) is 7.83. The lowest BCUT2D eigenvalue weighted by atomic mass is 10.1. The summed E-state index contributed by atoms with van der Waals surface area (Å²) in [7, 11) is -1.75. The average Bonchev–Trinajstić information content (AvgIpc) is 3.34. The molecule has 0 N–H and O–H groups in total. The minimum absolute atomic E-state index is 0.00359. The molecule has 17 nitrogen and oxygen atoms in total. The summed E-state index contributed by atoms with van der Waals surface area (Å²) in [6, 6.07) is 0. The van der Waals surface area contributed by atoms with Gasteiger partial charge < -0.3 is 4.74 Å². The fourth-order valence-electron chi connectivity index (χ4n) is 2.38. The Morgan fingerprint density at radius 1 is 0.970 bits per heavy atom. The topological polar surface area (TPSA) is 217 Å². The van der Waals surface area contributed by atoms with Crippen LogP contribution >= 0.6 is 0 Å². The molecular weight excluding hydrogens is 480 g/mol. The van der Waals surface area contributed by atoms with Gasteiger partial charge in [-0.15, -0.1) is 0 Å². The standard InChI is InChI=1S/C14H20N12O5S2/c1-23(2)32(27,28)25-8-11(17-13(25)19-21-15)10(6-7-31-5)12-9-26(14(18-12)20-22-16)33(29,30)24(3)4/h6,8-9H,7H2,1-5H3. The molecule has 19 heteroatoms. The number of hydrogen-bond donors (Lipinski definition) is 0. The second-order valence-corrected chi connectivity index (χ2v) is 10.5. The van der Waals surface area contributed by atoms with Crippen LogP contribution in [0.4, 0.5) is 11.9 Å². The minimum atomic E-state index is -4.12. The van der Waals surface area contributed by atoms with Gasteiger partial charge in [-0.05, 0) is 27.4 Å². The first-order chi connectivity index (χ1) is 15.4. The van der Waals surface area contributed by atoms with Gasteiger partial charge in [0.25, 0.3) is 0 Å². The fraction of sp³-hybridized carbons (Fsp3) is 0.429. The van der Waals surface area contributed by atoms with Gasteiger partial charge in [-0.1, -0.05) is 0 Å². The van der Waals surface area contributed by atoms with Crippen molar-refractivity contribution in [3.05, 3.63) is 50.7 Å². The lowest BCUT2D eigenvalue weighted by Crippen LogP contribution is -2.28. The van der Waals surface area contributed by atoms with Crippen molar-refractivity contribution < 1.29 is 21.6 Å². The van der Waals surface area contributed by atoms with Gasteiger partial charge in [0.1, 0.15) is 0 Å². The molecule has 178 valence electrons. The zero-order chi connectivity index (χ0) is 25.0. The zero-order valence-corrected chi connectivity index (χ0v) is 19.8. The van der Waals surface area contributed by atoms with E-state index >= 15 is 0 Å². The van der Waals surface area contributed by atoms with Gasteiger partial charge >= 0.3 is 20.4 Å². The molecule has 2 aromatic heterocycles. The molecule has 33 heavy (non-hydrogen) atoms. The van der Waals surface area contributed by atoms with E-state index in [-0.39, 0.29) is 23.6 Å². The van der Waals surface area contributed by atoms with E-state index in [1.807, 2.05) is 0 Å². The molecule has 0 saturated heterocycles. The second-order valence-electron chi connectivity index (χ2n) is 6.48. The molecule has 0 atom stereocenters. The third-order valence-electron chi connectivity index (χ3n) is 4.01. The van der Waals surface area contributed by atoms with Crippen molar-refractivity contribution in [1.82, 2.24) is 26.5 Å². The van der Waals surface area contributed by atoms with E-state index in [9.17, 15) is 16.8 Å². The van der Waals surface area contributed by atoms with Crippen LogP contribution in [0.2, 0.25) is 0 Å². The van der Waals surface area contributed by atoms with Gasteiger partial charge in [-0.25, -0.2) is 17.9 Å². The Balaban J connectivity index is 2.83. The second kappa shape index (κ2) is 10.0. The number of nitrogens with zero attached hydrogens (tertiary/aromatic N) is 12. The van der Waals surface area contributed by atoms with Crippen LogP contribution in [-0.4, -0.2) is 85.3 Å². The number of azide groups is 2. The maximum atomic E-state index is 12.6. The molecule has 0 bridgehead atoms. The van der Waals surface area contributed by atoms with E-state index in [0.717, 1.165) is 21.0 Å². The van der Waals surface area contributed by atoms with Crippen molar-refractivity contribution in [2.75, 3.05) is 41.9 Å². The molecule has 0 amide bonds. The predicted octanol–water partition coefficient (Wildman–Crippen LogP) is 1.35. The quantitative estimate of drug-likeness (QED) is 0.264. The van der Waals surface area contributed by atoms with E-state index in [0.29, 0.717) is 7.94 Å².